The van der Waals surface area contributed by atoms with Crippen molar-refractivity contribution in [1.82, 2.24) is 0 Å². The van der Waals surface area contributed by atoms with Crippen LogP contribution in [-0.4, -0.2) is 36.1 Å². The minimum Gasteiger partial charge on any atom is -0.475 e. The minimum atomic E-state index is -0.683. The maximum absolute atomic E-state index is 13.0. The molecule has 2 aliphatic rings. The van der Waals surface area contributed by atoms with Gasteiger partial charge in [-0.05, 0) is 36.4 Å². The van der Waals surface area contributed by atoms with E-state index in [4.69, 9.17) is 9.47 Å². The van der Waals surface area contributed by atoms with Crippen LogP contribution in [0.15, 0.2) is 108 Å². The summed E-state index contributed by atoms with van der Waals surface area (Å²) in [6.07, 6.45) is 0. The first-order valence-corrected chi connectivity index (χ1v) is 11.7. The van der Waals surface area contributed by atoms with Crippen LogP contribution in [0.5, 0.6) is 11.5 Å². The molecule has 2 amide bonds. The van der Waals surface area contributed by atoms with Gasteiger partial charge in [-0.1, -0.05) is 60.7 Å². The summed E-state index contributed by atoms with van der Waals surface area (Å²) in [5.74, 6) is 0.215. The van der Waals surface area contributed by atoms with Crippen molar-refractivity contribution in [3.8, 4) is 11.5 Å². The van der Waals surface area contributed by atoms with Gasteiger partial charge in [0, 0.05) is 11.6 Å². The van der Waals surface area contributed by atoms with Crippen LogP contribution in [0.1, 0.15) is 36.6 Å². The highest BCUT2D eigenvalue weighted by atomic mass is 16.5. The van der Waals surface area contributed by atoms with Crippen LogP contribution in [0.4, 0.5) is 5.69 Å². The molecule has 0 spiro atoms. The molecule has 0 aromatic heterocycles. The third kappa shape index (κ3) is 4.06. The van der Waals surface area contributed by atoms with E-state index in [0.29, 0.717) is 39.4 Å². The fraction of sp³-hybridized carbons (Fsp3) is 0.0667. The van der Waals surface area contributed by atoms with Crippen molar-refractivity contribution in [2.24, 2.45) is 4.99 Å². The van der Waals surface area contributed by atoms with Gasteiger partial charge < -0.3 is 9.47 Å². The second-order valence-electron chi connectivity index (χ2n) is 8.58. The number of anilines is 1. The molecule has 0 radical (unpaired) electrons. The molecule has 0 saturated carbocycles. The van der Waals surface area contributed by atoms with Crippen molar-refractivity contribution < 1.29 is 23.9 Å². The Labute approximate surface area is 212 Å². The first-order valence-electron chi connectivity index (χ1n) is 11.7. The maximum atomic E-state index is 13.0. The summed E-state index contributed by atoms with van der Waals surface area (Å²) in [6, 6.07) is 29.0. The van der Waals surface area contributed by atoms with Crippen LogP contribution in [0.25, 0.3) is 0 Å². The largest absolute Gasteiger partial charge is 0.475 e. The van der Waals surface area contributed by atoms with Crippen LogP contribution in [0.2, 0.25) is 0 Å². The van der Waals surface area contributed by atoms with E-state index in [-0.39, 0.29) is 18.3 Å². The SMILES string of the molecule is O=C(c1ccccc1)[C@@H]1COC(c2ccc(N3C(=O)c4ccccc4C3=O)cc2Oc2ccccc2)=N1. The quantitative estimate of drug-likeness (QED) is 0.271. The van der Waals surface area contributed by atoms with Crippen molar-refractivity contribution in [2.75, 3.05) is 11.5 Å². The number of fused-ring (bicyclic) bond motifs is 1. The highest BCUT2D eigenvalue weighted by Gasteiger charge is 2.37. The second-order valence-corrected chi connectivity index (χ2v) is 8.58. The molecule has 7 nitrogen and oxygen atoms in total. The Balaban J connectivity index is 1.37. The number of hydrogen-bond donors (Lipinski definition) is 0. The lowest BCUT2D eigenvalue weighted by Crippen LogP contribution is -2.29. The van der Waals surface area contributed by atoms with Crippen LogP contribution in [-0.2, 0) is 4.74 Å². The number of amides is 2. The Morgan fingerprint density at radius 3 is 2.08 bits per heavy atom. The monoisotopic (exact) mass is 488 g/mol. The molecule has 0 aliphatic carbocycles. The zero-order valence-electron chi connectivity index (χ0n) is 19.5. The third-order valence-electron chi connectivity index (χ3n) is 6.23. The molecule has 0 unspecified atom stereocenters. The molecule has 37 heavy (non-hydrogen) atoms. The van der Waals surface area contributed by atoms with Crippen molar-refractivity contribution in [2.45, 2.75) is 6.04 Å². The number of carbonyl (C=O) groups is 3. The normalized spacial score (nSPS) is 16.3. The van der Waals surface area contributed by atoms with Gasteiger partial charge in [0.1, 0.15) is 18.1 Å². The van der Waals surface area contributed by atoms with Crippen LogP contribution >= 0.6 is 0 Å². The number of ether oxygens (including phenoxy) is 2. The molecule has 0 fully saturated rings. The molecular formula is C30H20N2O5. The topological polar surface area (TPSA) is 85.3 Å². The lowest BCUT2D eigenvalue weighted by atomic mass is 10.1. The number of benzene rings is 4. The predicted molar refractivity (Wildman–Crippen MR) is 138 cm³/mol. The summed E-state index contributed by atoms with van der Waals surface area (Å²) in [5, 5.41) is 0. The predicted octanol–water partition coefficient (Wildman–Crippen LogP) is 5.31. The van der Waals surface area contributed by atoms with Gasteiger partial charge in [0.2, 0.25) is 5.90 Å². The Bertz CT molecular complexity index is 1530. The number of carbonyl (C=O) groups excluding carboxylic acids is 3. The molecule has 0 N–H and O–H groups in total. The van der Waals surface area contributed by atoms with E-state index < -0.39 is 17.9 Å². The average molecular weight is 488 g/mol. The summed E-state index contributed by atoms with van der Waals surface area (Å²) in [5.41, 5.74) is 2.13. The molecule has 1 atom stereocenters. The van der Waals surface area contributed by atoms with Crippen molar-refractivity contribution >= 4 is 29.2 Å². The van der Waals surface area contributed by atoms with E-state index in [0.717, 1.165) is 4.90 Å². The van der Waals surface area contributed by atoms with E-state index in [2.05, 4.69) is 4.99 Å². The molecule has 2 heterocycles. The summed E-state index contributed by atoms with van der Waals surface area (Å²) < 4.78 is 12.0. The van der Waals surface area contributed by atoms with Gasteiger partial charge in [0.05, 0.1) is 22.4 Å². The average Bonchev–Trinajstić information content (AvgIpc) is 3.53. The number of para-hydroxylation sites is 1. The Kier molecular flexibility index (Phi) is 5.58. The Morgan fingerprint density at radius 1 is 0.784 bits per heavy atom. The van der Waals surface area contributed by atoms with E-state index in [1.165, 1.54) is 0 Å². The number of nitrogens with zero attached hydrogens (tertiary/aromatic N) is 2. The number of ketones is 1. The maximum Gasteiger partial charge on any atom is 0.266 e. The van der Waals surface area contributed by atoms with Gasteiger partial charge in [-0.2, -0.15) is 0 Å². The van der Waals surface area contributed by atoms with Crippen molar-refractivity contribution in [3.05, 3.63) is 125 Å². The van der Waals surface area contributed by atoms with E-state index in [9.17, 15) is 14.4 Å². The van der Waals surface area contributed by atoms with Gasteiger partial charge in [0.15, 0.2) is 11.8 Å². The number of hydrogen-bond acceptors (Lipinski definition) is 6. The molecule has 6 rings (SSSR count). The van der Waals surface area contributed by atoms with E-state index >= 15 is 0 Å². The second kappa shape index (κ2) is 9.20. The minimum absolute atomic E-state index is 0.105. The Morgan fingerprint density at radius 2 is 1.41 bits per heavy atom. The smallest absolute Gasteiger partial charge is 0.266 e. The standard InChI is InChI=1S/C30H20N2O5/c33-27(19-9-3-1-4-10-19)25-18-36-28(31-25)24-16-15-20(17-26(24)37-21-11-5-2-6-12-21)32-29(34)22-13-7-8-14-23(22)30(32)35/h1-17,25H,18H2/t25-/m0/s1. The molecular weight excluding hydrogens is 468 g/mol. The molecule has 7 heteroatoms. The van der Waals surface area contributed by atoms with Crippen molar-refractivity contribution in [1.29, 1.82) is 0 Å². The first-order chi connectivity index (χ1) is 18.1. The van der Waals surface area contributed by atoms with Gasteiger partial charge in [-0.15, -0.1) is 0 Å². The zero-order valence-corrected chi connectivity index (χ0v) is 19.5. The summed E-state index contributed by atoms with van der Waals surface area (Å²) in [4.78, 5) is 44.7. The van der Waals surface area contributed by atoms with Gasteiger partial charge in [0.25, 0.3) is 11.8 Å². The highest BCUT2D eigenvalue weighted by Crippen LogP contribution is 2.35. The number of Topliss-reactive ketones (excluding diaryl/α,β-unsaturated/α-hetero) is 1. The fourth-order valence-electron chi connectivity index (χ4n) is 4.40. The van der Waals surface area contributed by atoms with Gasteiger partial charge in [-0.3, -0.25) is 14.4 Å². The molecule has 180 valence electrons. The van der Waals surface area contributed by atoms with Crippen LogP contribution in [0.3, 0.4) is 0 Å². The fourth-order valence-corrected chi connectivity index (χ4v) is 4.40. The number of aliphatic imine (C=N–C) groups is 1. The van der Waals surface area contributed by atoms with E-state index in [1.807, 2.05) is 24.3 Å². The molecule has 0 bridgehead atoms. The lowest BCUT2D eigenvalue weighted by molar-refractivity contribution is 0.0921. The molecule has 4 aromatic carbocycles. The zero-order chi connectivity index (χ0) is 25.4. The number of imide groups is 1. The number of rotatable bonds is 6. The van der Waals surface area contributed by atoms with E-state index in [1.54, 1.807) is 78.9 Å². The first kappa shape index (κ1) is 22.4. The summed E-state index contributed by atoms with van der Waals surface area (Å²) >= 11 is 0. The Hall–Kier alpha value is -5.04. The summed E-state index contributed by atoms with van der Waals surface area (Å²) in [7, 11) is 0. The molecule has 4 aromatic rings. The third-order valence-corrected chi connectivity index (χ3v) is 6.23. The lowest BCUT2D eigenvalue weighted by Gasteiger charge is -2.17. The molecule has 2 aliphatic heterocycles. The van der Waals surface area contributed by atoms with Crippen molar-refractivity contribution in [3.63, 3.8) is 0 Å². The highest BCUT2D eigenvalue weighted by molar-refractivity contribution is 6.34. The molecule has 0 saturated heterocycles. The van der Waals surface area contributed by atoms with Gasteiger partial charge in [-0.25, -0.2) is 9.89 Å². The van der Waals surface area contributed by atoms with Crippen LogP contribution in [0, 0.1) is 0 Å². The van der Waals surface area contributed by atoms with Crippen LogP contribution < -0.4 is 9.64 Å². The van der Waals surface area contributed by atoms with Gasteiger partial charge >= 0.3 is 0 Å². The summed E-state index contributed by atoms with van der Waals surface area (Å²) in [6.45, 7) is 0.105.